The number of hydrogen-bond donors (Lipinski definition) is 0. The van der Waals surface area contributed by atoms with Gasteiger partial charge in [0.1, 0.15) is 11.9 Å². The quantitative estimate of drug-likeness (QED) is 0.302. The Morgan fingerprint density at radius 1 is 1.00 bits per heavy atom. The van der Waals surface area contributed by atoms with Crippen molar-refractivity contribution in [3.63, 3.8) is 0 Å². The summed E-state index contributed by atoms with van der Waals surface area (Å²) in [4.78, 5) is 5.80. The number of aryl methyl sites for hydroxylation is 1. The highest BCUT2D eigenvalue weighted by Crippen LogP contribution is 2.36. The van der Waals surface area contributed by atoms with E-state index in [0.717, 1.165) is 30.5 Å². The van der Waals surface area contributed by atoms with E-state index in [1.807, 2.05) is 54.6 Å². The maximum atomic E-state index is 9.41. The molecule has 35 heavy (non-hydrogen) atoms. The molecule has 1 unspecified atom stereocenters. The molecule has 3 aromatic carbocycles. The molecule has 0 fully saturated rings. The summed E-state index contributed by atoms with van der Waals surface area (Å²) < 4.78 is 6.24. The highest BCUT2D eigenvalue weighted by Gasteiger charge is 2.22. The maximum absolute atomic E-state index is 9.41. The molecule has 0 saturated carbocycles. The molecule has 4 heteroatoms. The van der Waals surface area contributed by atoms with Gasteiger partial charge in [0.25, 0.3) is 5.70 Å². The fourth-order valence-electron chi connectivity index (χ4n) is 4.69. The fraction of sp³-hybridized carbons (Fsp3) is 0.161. The Kier molecular flexibility index (Phi) is 6.46. The molecular weight excluding hydrogens is 430 g/mol. The number of para-hydroxylation sites is 1. The molecular formula is C31H25N3O. The van der Waals surface area contributed by atoms with Crippen LogP contribution in [0.3, 0.4) is 0 Å². The van der Waals surface area contributed by atoms with Crippen molar-refractivity contribution >= 4 is 17.5 Å². The zero-order valence-electron chi connectivity index (χ0n) is 19.4. The highest BCUT2D eigenvalue weighted by atomic mass is 16.5. The highest BCUT2D eigenvalue weighted by molar-refractivity contribution is 5.69. The largest absolute Gasteiger partial charge is 0.485 e. The van der Waals surface area contributed by atoms with E-state index in [9.17, 15) is 5.26 Å². The predicted molar refractivity (Wildman–Crippen MR) is 139 cm³/mol. The third kappa shape index (κ3) is 4.88. The van der Waals surface area contributed by atoms with Gasteiger partial charge in [-0.05, 0) is 65.5 Å². The van der Waals surface area contributed by atoms with Crippen molar-refractivity contribution in [3.8, 4) is 6.07 Å². The first-order valence-corrected chi connectivity index (χ1v) is 11.8. The van der Waals surface area contributed by atoms with Crippen LogP contribution in [0.1, 0.15) is 35.6 Å². The molecule has 0 aliphatic carbocycles. The van der Waals surface area contributed by atoms with Crippen LogP contribution in [0.15, 0.2) is 108 Å². The van der Waals surface area contributed by atoms with Crippen molar-refractivity contribution in [1.29, 1.82) is 5.26 Å². The molecule has 2 aliphatic rings. The number of fused-ring (bicyclic) bond motifs is 1. The molecule has 2 heterocycles. The number of nitriles is 1. The minimum absolute atomic E-state index is 0.117. The first kappa shape index (κ1) is 22.3. The number of hydrogen-bond acceptors (Lipinski definition) is 3. The molecule has 0 N–H and O–H groups in total. The summed E-state index contributed by atoms with van der Waals surface area (Å²) in [6, 6.07) is 29.1. The summed E-state index contributed by atoms with van der Waals surface area (Å²) >= 11 is 0. The lowest BCUT2D eigenvalue weighted by Crippen LogP contribution is -2.24. The topological polar surface area (TPSA) is 40.6 Å². The van der Waals surface area contributed by atoms with Crippen LogP contribution in [0, 0.1) is 17.9 Å². The Hall–Kier alpha value is -4.54. The molecule has 0 spiro atoms. The zero-order chi connectivity index (χ0) is 24.0. The van der Waals surface area contributed by atoms with E-state index in [2.05, 4.69) is 58.3 Å². The molecule has 2 aliphatic heterocycles. The normalized spacial score (nSPS) is 18.6. The smallest absolute Gasteiger partial charge is 0.265 e. The van der Waals surface area contributed by atoms with Crippen LogP contribution >= 0.6 is 0 Å². The monoisotopic (exact) mass is 455 g/mol. The predicted octanol–water partition coefficient (Wildman–Crippen LogP) is 7.53. The average molecular weight is 456 g/mol. The number of benzene rings is 3. The van der Waals surface area contributed by atoms with Crippen molar-refractivity contribution < 1.29 is 4.74 Å². The summed E-state index contributed by atoms with van der Waals surface area (Å²) in [5.74, 6) is 0.644. The molecule has 3 aromatic rings. The number of nitrogens with zero attached hydrogens (tertiary/aromatic N) is 3. The summed E-state index contributed by atoms with van der Waals surface area (Å²) in [5.41, 5.74) is 6.79. The van der Waals surface area contributed by atoms with E-state index in [-0.39, 0.29) is 11.8 Å². The molecule has 0 radical (unpaired) electrons. The fourth-order valence-corrected chi connectivity index (χ4v) is 4.69. The summed E-state index contributed by atoms with van der Waals surface area (Å²) in [5, 5.41) is 9.41. The van der Waals surface area contributed by atoms with Crippen molar-refractivity contribution in [3.05, 3.63) is 136 Å². The molecule has 5 rings (SSSR count). The van der Waals surface area contributed by atoms with Crippen LogP contribution in [-0.2, 0) is 11.2 Å². The Bertz CT molecular complexity index is 1370. The van der Waals surface area contributed by atoms with Gasteiger partial charge in [-0.25, -0.2) is 10.1 Å². The third-order valence-electron chi connectivity index (χ3n) is 6.45. The van der Waals surface area contributed by atoms with Crippen molar-refractivity contribution in [2.24, 2.45) is 0 Å². The van der Waals surface area contributed by atoms with Crippen LogP contribution in [0.4, 0.5) is 11.4 Å². The number of anilines is 2. The van der Waals surface area contributed by atoms with Crippen LogP contribution in [0.5, 0.6) is 0 Å². The van der Waals surface area contributed by atoms with Crippen LogP contribution < -0.4 is 4.90 Å². The van der Waals surface area contributed by atoms with Gasteiger partial charge < -0.3 is 9.64 Å². The molecule has 0 amide bonds. The molecule has 1 atom stereocenters. The van der Waals surface area contributed by atoms with Crippen molar-refractivity contribution in [2.75, 3.05) is 11.4 Å². The Morgan fingerprint density at radius 2 is 1.77 bits per heavy atom. The Labute approximate surface area is 206 Å². The lowest BCUT2D eigenvalue weighted by Gasteiger charge is -2.31. The van der Waals surface area contributed by atoms with Gasteiger partial charge in [0, 0.05) is 24.3 Å². The lowest BCUT2D eigenvalue weighted by molar-refractivity contribution is 0.118. The number of rotatable bonds is 4. The van der Waals surface area contributed by atoms with Gasteiger partial charge in [0.15, 0.2) is 0 Å². The van der Waals surface area contributed by atoms with Crippen LogP contribution in [0.2, 0.25) is 0 Å². The van der Waals surface area contributed by atoms with E-state index in [4.69, 9.17) is 11.3 Å². The molecule has 170 valence electrons. The van der Waals surface area contributed by atoms with Crippen molar-refractivity contribution in [2.45, 2.75) is 25.4 Å². The van der Waals surface area contributed by atoms with Gasteiger partial charge in [-0.2, -0.15) is 0 Å². The van der Waals surface area contributed by atoms with Gasteiger partial charge in [0.05, 0.1) is 12.6 Å². The lowest BCUT2D eigenvalue weighted by atomic mass is 9.97. The molecule has 0 bridgehead atoms. The number of ether oxygens (including phenoxy) is 1. The molecule has 0 aromatic heterocycles. The van der Waals surface area contributed by atoms with E-state index in [1.165, 1.54) is 16.9 Å². The molecule has 4 nitrogen and oxygen atoms in total. The first-order valence-electron chi connectivity index (χ1n) is 11.8. The van der Waals surface area contributed by atoms with Gasteiger partial charge in [-0.3, -0.25) is 0 Å². The maximum Gasteiger partial charge on any atom is 0.265 e. The summed E-state index contributed by atoms with van der Waals surface area (Å²) in [6.45, 7) is 8.39. The minimum Gasteiger partial charge on any atom is -0.485 e. The first-order chi connectivity index (χ1) is 17.2. The molecule has 0 saturated heterocycles. The van der Waals surface area contributed by atoms with Gasteiger partial charge in [0.2, 0.25) is 0 Å². The van der Waals surface area contributed by atoms with E-state index in [0.29, 0.717) is 17.8 Å². The van der Waals surface area contributed by atoms with Gasteiger partial charge >= 0.3 is 0 Å². The second kappa shape index (κ2) is 10.2. The minimum atomic E-state index is -0.234. The Balaban J connectivity index is 1.38. The SMILES string of the molecule is [C-]#[N+]/C(C#N)=C1C=C(/C=C/c2ccc(N3CCCc4ccccc43)cc2)OC(c2ccccc2)C\1. The number of allylic oxidation sites excluding steroid dienone is 3. The van der Waals surface area contributed by atoms with E-state index < -0.39 is 0 Å². The van der Waals surface area contributed by atoms with Crippen molar-refractivity contribution in [1.82, 2.24) is 0 Å². The standard InChI is InChI=1S/C31H25N3O/c1-33-29(22-32)26-20-28(35-31(21-26)25-9-3-2-4-10-25)18-15-23-13-16-27(17-14-23)34-19-7-11-24-8-5-6-12-30(24)34/h2-6,8-10,12-18,20,31H,7,11,19,21H2/b18-15+,29-26+. The second-order valence-electron chi connectivity index (χ2n) is 8.67. The van der Waals surface area contributed by atoms with Gasteiger partial charge in [-0.1, -0.05) is 66.7 Å². The van der Waals surface area contributed by atoms with Gasteiger partial charge in [-0.15, -0.1) is 0 Å². The van der Waals surface area contributed by atoms with Crippen LogP contribution in [0.25, 0.3) is 10.9 Å². The average Bonchev–Trinajstić information content (AvgIpc) is 2.93. The summed E-state index contributed by atoms with van der Waals surface area (Å²) in [7, 11) is 0. The zero-order valence-corrected chi connectivity index (χ0v) is 19.4. The Morgan fingerprint density at radius 3 is 2.54 bits per heavy atom. The summed E-state index contributed by atoms with van der Waals surface area (Å²) in [6.07, 6.45) is 8.28. The third-order valence-corrected chi connectivity index (χ3v) is 6.45. The van der Waals surface area contributed by atoms with E-state index in [1.54, 1.807) is 0 Å². The second-order valence-corrected chi connectivity index (χ2v) is 8.67. The van der Waals surface area contributed by atoms with E-state index >= 15 is 0 Å². The van der Waals surface area contributed by atoms with Crippen LogP contribution in [-0.4, -0.2) is 6.54 Å².